The van der Waals surface area contributed by atoms with Gasteiger partial charge in [0.2, 0.25) is 0 Å². The molecule has 0 amide bonds. The van der Waals surface area contributed by atoms with E-state index in [9.17, 15) is 9.59 Å². The molecule has 6 N–H and O–H groups in total. The summed E-state index contributed by atoms with van der Waals surface area (Å²) in [6, 6.07) is -1.53. The molecule has 0 heterocycles. The predicted molar refractivity (Wildman–Crippen MR) is 61.6 cm³/mol. The second-order valence-electron chi connectivity index (χ2n) is 3.11. The molecule has 8 heteroatoms. The SMILES string of the molecule is N[C@H](CC[Se][Se]CC[C@@H](N)C(=O)O)C(=O)O. The zero-order valence-electron chi connectivity index (χ0n) is 8.67. The fourth-order valence-corrected chi connectivity index (χ4v) is 7.35. The van der Waals surface area contributed by atoms with Crippen molar-refractivity contribution < 1.29 is 19.8 Å². The Kier molecular flexibility index (Phi) is 8.93. The number of rotatable bonds is 9. The quantitative estimate of drug-likeness (QED) is 0.300. The summed E-state index contributed by atoms with van der Waals surface area (Å²) in [5.41, 5.74) is 10.7. The number of carboxylic acid groups (broad SMARTS) is 2. The first-order valence-electron chi connectivity index (χ1n) is 4.66. The van der Waals surface area contributed by atoms with Gasteiger partial charge < -0.3 is 0 Å². The minimum absolute atomic E-state index is 0.387. The zero-order valence-corrected chi connectivity index (χ0v) is 12.1. The maximum absolute atomic E-state index is 10.4. The Balaban J connectivity index is 3.34. The van der Waals surface area contributed by atoms with E-state index in [1.807, 2.05) is 0 Å². The van der Waals surface area contributed by atoms with Crippen LogP contribution in [0.5, 0.6) is 0 Å². The van der Waals surface area contributed by atoms with E-state index in [1.54, 1.807) is 0 Å². The molecule has 0 rings (SSSR count). The summed E-state index contributed by atoms with van der Waals surface area (Å²) in [4.78, 5) is 20.8. The minimum atomic E-state index is -0.962. The van der Waals surface area contributed by atoms with E-state index in [-0.39, 0.29) is 0 Å². The summed E-state index contributed by atoms with van der Waals surface area (Å²) in [7, 11) is 0. The molecule has 2 atom stereocenters. The van der Waals surface area contributed by atoms with Crippen molar-refractivity contribution in [1.29, 1.82) is 0 Å². The van der Waals surface area contributed by atoms with E-state index in [0.717, 1.165) is 10.6 Å². The van der Waals surface area contributed by atoms with E-state index < -0.39 is 24.0 Å². The summed E-state index contributed by atoms with van der Waals surface area (Å²) >= 11 is 0.774. The normalized spacial score (nSPS) is 14.4. The van der Waals surface area contributed by atoms with Crippen molar-refractivity contribution in [2.45, 2.75) is 35.6 Å². The molecular weight excluding hydrogens is 346 g/mol. The molecule has 94 valence electrons. The Hall–Kier alpha value is -0.101. The molecule has 0 radical (unpaired) electrons. The molecule has 16 heavy (non-hydrogen) atoms. The van der Waals surface area contributed by atoms with Gasteiger partial charge in [-0.1, -0.05) is 0 Å². The number of carboxylic acids is 2. The van der Waals surface area contributed by atoms with Gasteiger partial charge in [0.25, 0.3) is 0 Å². The van der Waals surface area contributed by atoms with Crippen molar-refractivity contribution in [2.24, 2.45) is 11.5 Å². The average molecular weight is 362 g/mol. The molecule has 0 aromatic heterocycles. The van der Waals surface area contributed by atoms with Crippen LogP contribution < -0.4 is 11.5 Å². The van der Waals surface area contributed by atoms with E-state index in [2.05, 4.69) is 0 Å². The van der Waals surface area contributed by atoms with E-state index in [4.69, 9.17) is 21.7 Å². The standard InChI is InChI=1S/C8H16N2O4Se2/c9-5(7(11)12)1-3-15-16-4-2-6(10)8(13)14/h5-6H,1-4,9-10H2,(H,11,12)(H,13,14)/t5-,6-/m1/s1. The number of aliphatic carboxylic acids is 2. The van der Waals surface area contributed by atoms with Crippen LogP contribution in [0.4, 0.5) is 0 Å². The Morgan fingerprint density at radius 1 is 0.938 bits per heavy atom. The second kappa shape index (κ2) is 8.98. The fourth-order valence-electron chi connectivity index (χ4n) is 0.715. The summed E-state index contributed by atoms with van der Waals surface area (Å²) in [6.07, 6.45) is 1.00. The van der Waals surface area contributed by atoms with Crippen LogP contribution in [0.3, 0.4) is 0 Å². The van der Waals surface area contributed by atoms with Crippen molar-refractivity contribution in [3.8, 4) is 0 Å². The topological polar surface area (TPSA) is 127 Å². The molecule has 6 nitrogen and oxygen atoms in total. The van der Waals surface area contributed by atoms with Crippen molar-refractivity contribution in [2.75, 3.05) is 0 Å². The Morgan fingerprint density at radius 2 is 1.25 bits per heavy atom. The van der Waals surface area contributed by atoms with E-state index >= 15 is 0 Å². The first-order chi connectivity index (χ1) is 7.45. The third kappa shape index (κ3) is 8.10. The predicted octanol–water partition coefficient (Wildman–Crippen LogP) is -1.25. The number of carbonyl (C=O) groups is 2. The van der Waals surface area contributed by atoms with Crippen LogP contribution in [-0.2, 0) is 9.59 Å². The fraction of sp³-hybridized carbons (Fsp3) is 0.750. The Bertz CT molecular complexity index is 216. The Labute approximate surface area is 105 Å². The number of hydrogen-bond donors (Lipinski definition) is 4. The van der Waals surface area contributed by atoms with Crippen LogP contribution in [0.2, 0.25) is 10.6 Å². The van der Waals surface area contributed by atoms with Crippen molar-refractivity contribution >= 4 is 38.2 Å². The van der Waals surface area contributed by atoms with Crippen molar-refractivity contribution in [1.82, 2.24) is 0 Å². The molecular formula is C8H16N2O4Se2. The van der Waals surface area contributed by atoms with E-state index in [0.29, 0.717) is 39.1 Å². The number of hydrogen-bond acceptors (Lipinski definition) is 4. The average Bonchev–Trinajstić information content (AvgIpc) is 2.21. The number of nitrogens with two attached hydrogens (primary N) is 2. The van der Waals surface area contributed by atoms with Gasteiger partial charge in [-0.25, -0.2) is 0 Å². The van der Waals surface area contributed by atoms with Crippen LogP contribution in [0.15, 0.2) is 0 Å². The zero-order chi connectivity index (χ0) is 12.6. The molecule has 0 spiro atoms. The van der Waals surface area contributed by atoms with Crippen LogP contribution >= 0.6 is 0 Å². The monoisotopic (exact) mass is 364 g/mol. The molecule has 0 saturated carbocycles. The van der Waals surface area contributed by atoms with Gasteiger partial charge >= 0.3 is 105 Å². The van der Waals surface area contributed by atoms with Crippen molar-refractivity contribution in [3.05, 3.63) is 0 Å². The van der Waals surface area contributed by atoms with Gasteiger partial charge in [-0.2, -0.15) is 0 Å². The molecule has 0 unspecified atom stereocenters. The third-order valence-corrected chi connectivity index (χ3v) is 9.23. The molecule has 0 fully saturated rings. The van der Waals surface area contributed by atoms with Crippen molar-refractivity contribution in [3.63, 3.8) is 0 Å². The maximum atomic E-state index is 10.4. The second-order valence-corrected chi connectivity index (χ2v) is 11.0. The van der Waals surface area contributed by atoms with Gasteiger partial charge in [0.1, 0.15) is 0 Å². The van der Waals surface area contributed by atoms with Gasteiger partial charge in [0.15, 0.2) is 0 Å². The third-order valence-electron chi connectivity index (χ3n) is 1.74. The van der Waals surface area contributed by atoms with Crippen LogP contribution in [0.25, 0.3) is 0 Å². The Morgan fingerprint density at radius 3 is 1.50 bits per heavy atom. The molecule has 0 aliphatic carbocycles. The first kappa shape index (κ1) is 15.9. The van der Waals surface area contributed by atoms with Crippen LogP contribution in [0, 0.1) is 0 Å². The molecule has 0 saturated heterocycles. The summed E-state index contributed by atoms with van der Waals surface area (Å²) in [6.45, 7) is 0. The molecule has 0 bridgehead atoms. The molecule has 0 aromatic carbocycles. The van der Waals surface area contributed by atoms with Crippen LogP contribution in [0.1, 0.15) is 12.8 Å². The van der Waals surface area contributed by atoms with Gasteiger partial charge in [-0.15, -0.1) is 0 Å². The molecule has 0 aromatic rings. The summed E-state index contributed by atoms with van der Waals surface area (Å²) in [5, 5.41) is 18.7. The molecule has 0 aliphatic rings. The van der Waals surface area contributed by atoms with Gasteiger partial charge in [-0.05, 0) is 0 Å². The van der Waals surface area contributed by atoms with Crippen LogP contribution in [-0.4, -0.2) is 60.5 Å². The van der Waals surface area contributed by atoms with Gasteiger partial charge in [0.05, 0.1) is 0 Å². The molecule has 0 aliphatic heterocycles. The summed E-state index contributed by atoms with van der Waals surface area (Å²) < 4.78 is 0. The summed E-state index contributed by atoms with van der Waals surface area (Å²) in [5.74, 6) is -1.92. The van der Waals surface area contributed by atoms with Gasteiger partial charge in [0, 0.05) is 0 Å². The van der Waals surface area contributed by atoms with Gasteiger partial charge in [-0.3, -0.25) is 0 Å². The van der Waals surface area contributed by atoms with E-state index in [1.165, 1.54) is 0 Å². The first-order valence-corrected chi connectivity index (χ1v) is 11.4.